The van der Waals surface area contributed by atoms with Crippen LogP contribution in [0.15, 0.2) is 24.3 Å². The largest absolute Gasteiger partial charge is 0.573 e. The fraction of sp³-hybridized carbons (Fsp3) is 0.500. The van der Waals surface area contributed by atoms with E-state index >= 15 is 0 Å². The maximum absolute atomic E-state index is 12.0. The van der Waals surface area contributed by atoms with Gasteiger partial charge in [0.1, 0.15) is 5.75 Å². The van der Waals surface area contributed by atoms with Crippen molar-refractivity contribution in [2.45, 2.75) is 32.4 Å². The van der Waals surface area contributed by atoms with E-state index in [-0.39, 0.29) is 17.9 Å². The number of nitrogens with two attached hydrogens (primary N) is 1. The molecule has 1 aromatic rings. The molecule has 7 heteroatoms. The van der Waals surface area contributed by atoms with Crippen molar-refractivity contribution in [1.82, 2.24) is 5.43 Å². The molecular formula is C12H17F3N2O2. The normalized spacial score (nSPS) is 13.6. The number of halogens is 3. The van der Waals surface area contributed by atoms with Crippen LogP contribution < -0.4 is 16.0 Å². The molecule has 0 radical (unpaired) electrons. The van der Waals surface area contributed by atoms with Crippen LogP contribution in [0.1, 0.15) is 25.5 Å². The van der Waals surface area contributed by atoms with Gasteiger partial charge in [-0.25, -0.2) is 0 Å². The van der Waals surface area contributed by atoms with Crippen molar-refractivity contribution >= 4 is 0 Å². The highest BCUT2D eigenvalue weighted by Crippen LogP contribution is 2.24. The summed E-state index contributed by atoms with van der Waals surface area (Å²) in [7, 11) is 0. The van der Waals surface area contributed by atoms with Gasteiger partial charge in [0.05, 0.1) is 18.8 Å². The van der Waals surface area contributed by atoms with Gasteiger partial charge in [0, 0.05) is 0 Å². The van der Waals surface area contributed by atoms with Crippen molar-refractivity contribution < 1.29 is 22.6 Å². The first-order chi connectivity index (χ1) is 8.81. The second kappa shape index (κ2) is 6.74. The lowest BCUT2D eigenvalue weighted by molar-refractivity contribution is -0.274. The molecule has 1 unspecified atom stereocenters. The molecule has 0 amide bonds. The number of rotatable bonds is 6. The molecule has 108 valence electrons. The van der Waals surface area contributed by atoms with Gasteiger partial charge in [0.2, 0.25) is 0 Å². The Hall–Kier alpha value is -1.31. The molecular weight excluding hydrogens is 261 g/mol. The van der Waals surface area contributed by atoms with Crippen molar-refractivity contribution in [3.63, 3.8) is 0 Å². The van der Waals surface area contributed by atoms with E-state index in [1.165, 1.54) is 24.3 Å². The Morgan fingerprint density at radius 3 is 2.21 bits per heavy atom. The molecule has 0 saturated heterocycles. The third-order valence-corrected chi connectivity index (χ3v) is 2.31. The summed E-state index contributed by atoms with van der Waals surface area (Å²) in [5, 5.41) is 0. The standard InChI is InChI=1S/C12H17F3N2O2/c1-8(2)18-7-11(17-16)9-3-5-10(6-4-9)19-12(13,14)15/h3-6,8,11,17H,7,16H2,1-2H3. The van der Waals surface area contributed by atoms with Gasteiger partial charge in [-0.3, -0.25) is 11.3 Å². The molecule has 0 saturated carbocycles. The highest BCUT2D eigenvalue weighted by Gasteiger charge is 2.31. The van der Waals surface area contributed by atoms with E-state index in [2.05, 4.69) is 10.2 Å². The third-order valence-electron chi connectivity index (χ3n) is 2.31. The lowest BCUT2D eigenvalue weighted by Gasteiger charge is -2.18. The zero-order valence-electron chi connectivity index (χ0n) is 10.7. The molecule has 1 aromatic carbocycles. The Morgan fingerprint density at radius 1 is 1.21 bits per heavy atom. The van der Waals surface area contributed by atoms with Crippen LogP contribution in [0.3, 0.4) is 0 Å². The van der Waals surface area contributed by atoms with Crippen LogP contribution in [0.4, 0.5) is 13.2 Å². The summed E-state index contributed by atoms with van der Waals surface area (Å²) in [5.41, 5.74) is 3.27. The first-order valence-corrected chi connectivity index (χ1v) is 5.75. The average Bonchev–Trinajstić information content (AvgIpc) is 2.29. The molecule has 0 spiro atoms. The Labute approximate surface area is 109 Å². The van der Waals surface area contributed by atoms with Crippen LogP contribution in [0.5, 0.6) is 5.75 Å². The van der Waals surface area contributed by atoms with E-state index in [1.807, 2.05) is 13.8 Å². The molecule has 0 bridgehead atoms. The van der Waals surface area contributed by atoms with E-state index in [9.17, 15) is 13.2 Å². The van der Waals surface area contributed by atoms with Crippen LogP contribution in [0.25, 0.3) is 0 Å². The average molecular weight is 278 g/mol. The highest BCUT2D eigenvalue weighted by molar-refractivity contribution is 5.29. The molecule has 0 aliphatic rings. The van der Waals surface area contributed by atoms with Gasteiger partial charge in [-0.2, -0.15) is 0 Å². The summed E-state index contributed by atoms with van der Waals surface area (Å²) < 4.78 is 45.2. The Morgan fingerprint density at radius 2 is 1.79 bits per heavy atom. The molecule has 3 N–H and O–H groups in total. The minimum absolute atomic E-state index is 0.0451. The molecule has 0 heterocycles. The second-order valence-corrected chi connectivity index (χ2v) is 4.22. The van der Waals surface area contributed by atoms with Gasteiger partial charge in [0.15, 0.2) is 0 Å². The van der Waals surface area contributed by atoms with Crippen molar-refractivity contribution in [3.8, 4) is 5.75 Å². The Bertz CT molecular complexity index is 380. The summed E-state index contributed by atoms with van der Waals surface area (Å²) in [6, 6.07) is 5.21. The Balaban J connectivity index is 2.67. The van der Waals surface area contributed by atoms with Crippen LogP contribution in [0, 0.1) is 0 Å². The zero-order valence-corrected chi connectivity index (χ0v) is 10.7. The first-order valence-electron chi connectivity index (χ1n) is 5.75. The number of hydrogen-bond donors (Lipinski definition) is 2. The van der Waals surface area contributed by atoms with Gasteiger partial charge in [-0.15, -0.1) is 13.2 Å². The topological polar surface area (TPSA) is 56.5 Å². The number of benzene rings is 1. The van der Waals surface area contributed by atoms with Gasteiger partial charge >= 0.3 is 6.36 Å². The van der Waals surface area contributed by atoms with Crippen molar-refractivity contribution in [2.24, 2.45) is 5.84 Å². The summed E-state index contributed by atoms with van der Waals surface area (Å²) in [6.45, 7) is 4.09. The van der Waals surface area contributed by atoms with Gasteiger partial charge in [0.25, 0.3) is 0 Å². The minimum atomic E-state index is -4.69. The maximum atomic E-state index is 12.0. The smallest absolute Gasteiger partial charge is 0.406 e. The zero-order chi connectivity index (χ0) is 14.5. The molecule has 4 nitrogen and oxygen atoms in total. The number of hydrazine groups is 1. The SMILES string of the molecule is CC(C)OCC(NN)c1ccc(OC(F)(F)F)cc1. The van der Waals surface area contributed by atoms with Crippen LogP contribution in [-0.4, -0.2) is 19.1 Å². The van der Waals surface area contributed by atoms with E-state index in [0.717, 1.165) is 5.56 Å². The van der Waals surface area contributed by atoms with Crippen molar-refractivity contribution in [3.05, 3.63) is 29.8 Å². The van der Waals surface area contributed by atoms with Gasteiger partial charge in [-0.05, 0) is 31.5 Å². The number of alkyl halides is 3. The Kier molecular flexibility index (Phi) is 5.59. The fourth-order valence-corrected chi connectivity index (χ4v) is 1.43. The fourth-order valence-electron chi connectivity index (χ4n) is 1.43. The van der Waals surface area contributed by atoms with E-state index in [1.54, 1.807) is 0 Å². The molecule has 1 rings (SSSR count). The lowest BCUT2D eigenvalue weighted by atomic mass is 10.1. The summed E-state index contributed by atoms with van der Waals surface area (Å²) >= 11 is 0. The van der Waals surface area contributed by atoms with E-state index in [0.29, 0.717) is 6.61 Å². The van der Waals surface area contributed by atoms with Crippen LogP contribution >= 0.6 is 0 Å². The molecule has 0 aromatic heterocycles. The van der Waals surface area contributed by atoms with Crippen molar-refractivity contribution in [2.75, 3.05) is 6.61 Å². The van der Waals surface area contributed by atoms with Crippen LogP contribution in [0.2, 0.25) is 0 Å². The van der Waals surface area contributed by atoms with E-state index < -0.39 is 6.36 Å². The second-order valence-electron chi connectivity index (χ2n) is 4.22. The number of ether oxygens (including phenoxy) is 2. The van der Waals surface area contributed by atoms with Crippen molar-refractivity contribution in [1.29, 1.82) is 0 Å². The summed E-state index contributed by atoms with van der Waals surface area (Å²) in [5.74, 6) is 5.12. The highest BCUT2D eigenvalue weighted by atomic mass is 19.4. The number of hydrogen-bond acceptors (Lipinski definition) is 4. The third kappa shape index (κ3) is 5.91. The first kappa shape index (κ1) is 15.7. The van der Waals surface area contributed by atoms with Crippen LogP contribution in [-0.2, 0) is 4.74 Å². The maximum Gasteiger partial charge on any atom is 0.573 e. The van der Waals surface area contributed by atoms with Gasteiger partial charge < -0.3 is 9.47 Å². The monoisotopic (exact) mass is 278 g/mol. The van der Waals surface area contributed by atoms with Gasteiger partial charge in [-0.1, -0.05) is 12.1 Å². The number of nitrogens with one attached hydrogen (secondary N) is 1. The molecule has 0 aliphatic carbocycles. The quantitative estimate of drug-likeness (QED) is 0.620. The summed E-state index contributed by atoms with van der Waals surface area (Å²) in [6.07, 6.45) is -4.64. The predicted octanol–water partition coefficient (Wildman–Crippen LogP) is 2.51. The minimum Gasteiger partial charge on any atom is -0.406 e. The molecule has 0 fully saturated rings. The molecule has 19 heavy (non-hydrogen) atoms. The predicted molar refractivity (Wildman–Crippen MR) is 64.3 cm³/mol. The molecule has 1 atom stereocenters. The summed E-state index contributed by atoms with van der Waals surface area (Å²) in [4.78, 5) is 0. The van der Waals surface area contributed by atoms with E-state index in [4.69, 9.17) is 10.6 Å². The lowest BCUT2D eigenvalue weighted by Crippen LogP contribution is -2.32. The molecule has 0 aliphatic heterocycles.